The molecule has 0 bridgehead atoms. The molecule has 4 nitrogen and oxygen atoms in total. The first kappa shape index (κ1) is 43.3. The minimum Gasteiger partial charge on any atom is -0.370 e. The first-order valence-electron chi connectivity index (χ1n) is 26.0. The van der Waals surface area contributed by atoms with Crippen molar-refractivity contribution < 1.29 is 0 Å². The molecular formula is C66H66N4. The van der Waals surface area contributed by atoms with Crippen molar-refractivity contribution in [2.24, 2.45) is 34.5 Å². The van der Waals surface area contributed by atoms with Gasteiger partial charge in [0.1, 0.15) is 0 Å². The van der Waals surface area contributed by atoms with Gasteiger partial charge in [-0.05, 0) is 124 Å². The SMILES string of the molecule is Cc1cccc(N(C2=C3C4C=C(C(C)(C)C)C=CC4N4C5=CC6c7ccc(N(c8ccccc8)c8cccc(C)c8)c8c7N(CC6C=C5C(C=C2)C34)CC2C=C(C(C)(C)C)C=CC82)c2ccccc2)c1. The Labute approximate surface area is 416 Å². The lowest BCUT2D eigenvalue weighted by molar-refractivity contribution is 0.301. The van der Waals surface area contributed by atoms with Crippen LogP contribution >= 0.6 is 0 Å². The average molecular weight is 915 g/mol. The molecule has 0 aromatic heterocycles. The maximum Gasteiger partial charge on any atom is 0.0642 e. The Morgan fingerprint density at radius 1 is 0.514 bits per heavy atom. The van der Waals surface area contributed by atoms with Crippen molar-refractivity contribution in [2.45, 2.75) is 79.3 Å². The molecule has 350 valence electrons. The lowest BCUT2D eigenvalue weighted by Gasteiger charge is -2.50. The molecule has 5 aromatic carbocycles. The zero-order valence-electron chi connectivity index (χ0n) is 42.1. The number of allylic oxidation sites excluding steroid dienone is 8. The van der Waals surface area contributed by atoms with Gasteiger partial charge in [0, 0.05) is 94.0 Å². The van der Waals surface area contributed by atoms with Crippen LogP contribution in [0.5, 0.6) is 0 Å². The maximum absolute atomic E-state index is 2.88. The third-order valence-electron chi connectivity index (χ3n) is 16.9. The summed E-state index contributed by atoms with van der Waals surface area (Å²) in [5.74, 6) is 1.82. The van der Waals surface area contributed by atoms with Crippen LogP contribution in [0.15, 0.2) is 216 Å². The van der Waals surface area contributed by atoms with Crippen LogP contribution < -0.4 is 14.7 Å². The summed E-state index contributed by atoms with van der Waals surface area (Å²) in [4.78, 5) is 10.8. The Kier molecular flexibility index (Phi) is 9.81. The molecule has 8 aliphatic rings. The summed E-state index contributed by atoms with van der Waals surface area (Å²) in [5.41, 5.74) is 21.9. The van der Waals surface area contributed by atoms with Gasteiger partial charge in [0.05, 0.1) is 17.8 Å². The molecule has 2 fully saturated rings. The second-order valence-electron chi connectivity index (χ2n) is 23.5. The molecule has 8 unspecified atom stereocenters. The summed E-state index contributed by atoms with van der Waals surface area (Å²) in [6.45, 7) is 20.7. The molecular weight excluding hydrogens is 849 g/mol. The number of rotatable bonds is 6. The van der Waals surface area contributed by atoms with Gasteiger partial charge in [-0.3, -0.25) is 0 Å². The maximum atomic E-state index is 2.88. The molecule has 13 rings (SSSR count). The highest BCUT2D eigenvalue weighted by Crippen LogP contribution is 2.62. The third-order valence-corrected chi connectivity index (χ3v) is 16.9. The fraction of sp³-hybridized carbons (Fsp3) is 0.303. The number of benzene rings is 5. The first-order chi connectivity index (χ1) is 33.8. The second kappa shape index (κ2) is 15.9. The monoisotopic (exact) mass is 915 g/mol. The molecule has 70 heavy (non-hydrogen) atoms. The molecule has 4 heteroatoms. The average Bonchev–Trinajstić information content (AvgIpc) is 3.86. The van der Waals surface area contributed by atoms with E-state index in [1.54, 1.807) is 5.57 Å². The Hall–Kier alpha value is -6.78. The summed E-state index contributed by atoms with van der Waals surface area (Å²) in [6, 6.07) is 45.7. The fourth-order valence-electron chi connectivity index (χ4n) is 13.7. The zero-order valence-corrected chi connectivity index (χ0v) is 42.1. The van der Waals surface area contributed by atoms with Gasteiger partial charge < -0.3 is 19.6 Å². The van der Waals surface area contributed by atoms with E-state index < -0.39 is 0 Å². The second-order valence-corrected chi connectivity index (χ2v) is 23.5. The van der Waals surface area contributed by atoms with Crippen molar-refractivity contribution in [1.29, 1.82) is 0 Å². The van der Waals surface area contributed by atoms with Crippen LogP contribution in [0.3, 0.4) is 0 Å². The number of fused-ring (bicyclic) bond motifs is 10. The molecule has 0 saturated carbocycles. The van der Waals surface area contributed by atoms with Gasteiger partial charge in [-0.25, -0.2) is 0 Å². The van der Waals surface area contributed by atoms with Gasteiger partial charge in [0.2, 0.25) is 0 Å². The van der Waals surface area contributed by atoms with Crippen LogP contribution in [0.2, 0.25) is 0 Å². The minimum atomic E-state index is 0.0441. The van der Waals surface area contributed by atoms with Crippen LogP contribution in [0, 0.1) is 48.3 Å². The van der Waals surface area contributed by atoms with E-state index in [-0.39, 0.29) is 46.6 Å². The predicted molar refractivity (Wildman–Crippen MR) is 292 cm³/mol. The summed E-state index contributed by atoms with van der Waals surface area (Å²) in [5, 5.41) is 0. The zero-order chi connectivity index (χ0) is 47.8. The molecule has 4 aliphatic heterocycles. The van der Waals surface area contributed by atoms with Crippen LogP contribution in [0.1, 0.15) is 75.6 Å². The quantitative estimate of drug-likeness (QED) is 0.168. The molecule has 5 aromatic rings. The largest absolute Gasteiger partial charge is 0.370 e. The molecule has 8 atom stereocenters. The molecule has 2 saturated heterocycles. The van der Waals surface area contributed by atoms with E-state index >= 15 is 0 Å². The Morgan fingerprint density at radius 3 is 1.76 bits per heavy atom. The first-order valence-corrected chi connectivity index (χ1v) is 26.0. The van der Waals surface area contributed by atoms with E-state index in [0.717, 1.165) is 13.1 Å². The van der Waals surface area contributed by atoms with Gasteiger partial charge in [0.15, 0.2) is 0 Å². The smallest absolute Gasteiger partial charge is 0.0642 e. The van der Waals surface area contributed by atoms with Crippen molar-refractivity contribution in [3.63, 3.8) is 0 Å². The minimum absolute atomic E-state index is 0.0441. The van der Waals surface area contributed by atoms with E-state index in [9.17, 15) is 0 Å². The van der Waals surface area contributed by atoms with E-state index in [0.29, 0.717) is 11.8 Å². The van der Waals surface area contributed by atoms with Crippen molar-refractivity contribution in [3.8, 4) is 0 Å². The number of anilines is 6. The normalized spacial score (nSPS) is 26.5. The standard InChI is InChI=1S/C66H66N4/c1-41-17-15-23-49(33-41)68(47-19-11-9-12-20-47)58-31-28-52-54-38-60-55(36-44(54)40-67-39-43-35-45(65(3,4)5)25-27-51(43)61(58)63(52)67)53-29-32-59(69(48-21-13-10-14-22-48)50-24-16-18-42(2)34-50)62-56-37-46(66(6,7)8)26-30-57(56)70(60)64(53)62/h9-38,43-44,51,53-54,56-57,64H,39-40H2,1-8H3. The Balaban J connectivity index is 0.989. The highest BCUT2D eigenvalue weighted by molar-refractivity contribution is 5.86. The molecule has 0 spiro atoms. The van der Waals surface area contributed by atoms with E-state index in [4.69, 9.17) is 0 Å². The number of aryl methyl sites for hydroxylation is 2. The van der Waals surface area contributed by atoms with E-state index in [1.165, 1.54) is 84.5 Å². The van der Waals surface area contributed by atoms with Crippen molar-refractivity contribution in [3.05, 3.63) is 238 Å². The number of nitrogens with zero attached hydrogens (tertiary/aromatic N) is 4. The van der Waals surface area contributed by atoms with E-state index in [2.05, 4.69) is 257 Å². The van der Waals surface area contributed by atoms with Crippen molar-refractivity contribution in [2.75, 3.05) is 27.8 Å². The van der Waals surface area contributed by atoms with Crippen LogP contribution in [0.4, 0.5) is 34.1 Å². The topological polar surface area (TPSA) is 13.0 Å². The summed E-state index contributed by atoms with van der Waals surface area (Å²) >= 11 is 0. The Bertz CT molecular complexity index is 3210. The lowest BCUT2D eigenvalue weighted by atomic mass is 9.67. The predicted octanol–water partition coefficient (Wildman–Crippen LogP) is 15.9. The van der Waals surface area contributed by atoms with E-state index in [1.807, 2.05) is 0 Å². The van der Waals surface area contributed by atoms with Gasteiger partial charge in [0.25, 0.3) is 0 Å². The summed E-state index contributed by atoms with van der Waals surface area (Å²) in [6.07, 6.45) is 25.9. The Morgan fingerprint density at radius 2 is 1.10 bits per heavy atom. The highest BCUT2D eigenvalue weighted by Gasteiger charge is 2.58. The number of hydrogen-bond acceptors (Lipinski definition) is 4. The summed E-state index contributed by atoms with van der Waals surface area (Å²) < 4.78 is 0. The molecule has 4 aliphatic carbocycles. The highest BCUT2D eigenvalue weighted by atomic mass is 15.3. The van der Waals surface area contributed by atoms with Gasteiger partial charge in [-0.15, -0.1) is 0 Å². The number of hydrogen-bond donors (Lipinski definition) is 0. The van der Waals surface area contributed by atoms with Crippen LogP contribution in [-0.2, 0) is 0 Å². The van der Waals surface area contributed by atoms with Gasteiger partial charge in [-0.2, -0.15) is 0 Å². The third kappa shape index (κ3) is 6.76. The molecule has 0 radical (unpaired) electrons. The number of para-hydroxylation sites is 2. The van der Waals surface area contributed by atoms with Gasteiger partial charge >= 0.3 is 0 Å². The molecule has 0 N–H and O–H groups in total. The van der Waals surface area contributed by atoms with Crippen LogP contribution in [0.25, 0.3) is 0 Å². The fourth-order valence-corrected chi connectivity index (χ4v) is 13.7. The summed E-state index contributed by atoms with van der Waals surface area (Å²) in [7, 11) is 0. The van der Waals surface area contributed by atoms with Crippen molar-refractivity contribution in [1.82, 2.24) is 4.90 Å². The van der Waals surface area contributed by atoms with Gasteiger partial charge in [-0.1, -0.05) is 163 Å². The van der Waals surface area contributed by atoms with Crippen molar-refractivity contribution >= 4 is 34.1 Å². The molecule has 4 heterocycles. The van der Waals surface area contributed by atoms with Crippen LogP contribution in [-0.4, -0.2) is 30.1 Å². The lowest BCUT2D eigenvalue weighted by Crippen LogP contribution is -2.46. The molecule has 0 amide bonds.